The Kier molecular flexibility index (Phi) is 1.62. The van der Waals surface area contributed by atoms with Crippen molar-refractivity contribution in [3.63, 3.8) is 0 Å². The Hall–Kier alpha value is -1.45. The van der Waals surface area contributed by atoms with Gasteiger partial charge in [0.25, 0.3) is 0 Å². The Morgan fingerprint density at radius 3 is 2.90 bits per heavy atom. The van der Waals surface area contributed by atoms with Crippen LogP contribution in [0.1, 0.15) is 17.5 Å². The number of aromatic nitrogens is 3. The average Bonchev–Trinajstić information content (AvgIpc) is 2.36. The van der Waals surface area contributed by atoms with Crippen LogP contribution in [0.2, 0.25) is 0 Å². The Morgan fingerprint density at radius 2 is 2.50 bits per heavy atom. The number of rotatable bonds is 2. The molecule has 0 saturated heterocycles. The highest BCUT2D eigenvalue weighted by Gasteiger charge is 2.07. The van der Waals surface area contributed by atoms with Crippen LogP contribution < -0.4 is 0 Å². The molecule has 0 amide bonds. The molecule has 1 rings (SSSR count). The van der Waals surface area contributed by atoms with Gasteiger partial charge in [-0.25, -0.2) is 4.98 Å². The Bertz CT molecular complexity index is 250. The summed E-state index contributed by atoms with van der Waals surface area (Å²) in [6, 6.07) is 0. The fourth-order valence-corrected chi connectivity index (χ4v) is 0.517. The summed E-state index contributed by atoms with van der Waals surface area (Å²) in [7, 11) is 0. The van der Waals surface area contributed by atoms with Gasteiger partial charge >= 0.3 is 0 Å². The van der Waals surface area contributed by atoms with Crippen LogP contribution in [0.3, 0.4) is 0 Å². The van der Waals surface area contributed by atoms with Crippen molar-refractivity contribution in [1.82, 2.24) is 15.2 Å². The first-order chi connectivity index (χ1) is 4.72. The van der Waals surface area contributed by atoms with Crippen LogP contribution in [0.4, 0.5) is 0 Å². The van der Waals surface area contributed by atoms with Gasteiger partial charge < -0.3 is 0 Å². The molecule has 0 bridgehead atoms. The molecule has 0 aliphatic heterocycles. The van der Waals surface area contributed by atoms with E-state index in [1.165, 1.54) is 6.33 Å². The van der Waals surface area contributed by atoms with Crippen LogP contribution in [0.5, 0.6) is 0 Å². The summed E-state index contributed by atoms with van der Waals surface area (Å²) in [5.41, 5.74) is 0.455. The minimum atomic E-state index is -0.197. The number of aromatic amines is 1. The molecule has 4 heteroatoms. The topological polar surface area (TPSA) is 58.6 Å². The normalized spacial score (nSPS) is 9.30. The highest BCUT2D eigenvalue weighted by Crippen LogP contribution is 1.97. The van der Waals surface area contributed by atoms with Crippen LogP contribution in [-0.2, 0) is 0 Å². The molecular weight excluding hydrogens is 130 g/mol. The fourth-order valence-electron chi connectivity index (χ4n) is 0.517. The maximum Gasteiger partial charge on any atom is 0.224 e. The summed E-state index contributed by atoms with van der Waals surface area (Å²) in [5, 5.41) is 5.97. The van der Waals surface area contributed by atoms with Gasteiger partial charge in [-0.2, -0.15) is 5.10 Å². The third-order valence-electron chi connectivity index (χ3n) is 1.02. The fraction of sp³-hybridized carbons (Fsp3) is 0.167. The monoisotopic (exact) mass is 137 g/mol. The number of hydrogen-bond acceptors (Lipinski definition) is 3. The van der Waals surface area contributed by atoms with Gasteiger partial charge in [0.2, 0.25) is 5.78 Å². The van der Waals surface area contributed by atoms with E-state index >= 15 is 0 Å². The van der Waals surface area contributed by atoms with E-state index in [1.54, 1.807) is 6.92 Å². The summed E-state index contributed by atoms with van der Waals surface area (Å²) in [5.74, 6) is 0.0463. The van der Waals surface area contributed by atoms with Gasteiger partial charge in [-0.1, -0.05) is 6.58 Å². The highest BCUT2D eigenvalue weighted by atomic mass is 16.1. The van der Waals surface area contributed by atoms with E-state index in [9.17, 15) is 4.79 Å². The molecular formula is C6H7N3O. The third-order valence-corrected chi connectivity index (χ3v) is 1.02. The van der Waals surface area contributed by atoms with Crippen molar-refractivity contribution < 1.29 is 4.79 Å². The summed E-state index contributed by atoms with van der Waals surface area (Å²) in [6.07, 6.45) is 1.29. The third kappa shape index (κ3) is 1.10. The molecule has 1 aromatic heterocycles. The van der Waals surface area contributed by atoms with Crippen molar-refractivity contribution in [2.75, 3.05) is 0 Å². The molecule has 0 spiro atoms. The molecule has 0 fully saturated rings. The number of nitrogens with zero attached hydrogens (tertiary/aromatic N) is 2. The van der Waals surface area contributed by atoms with Gasteiger partial charge in [-0.15, -0.1) is 0 Å². The van der Waals surface area contributed by atoms with E-state index < -0.39 is 0 Å². The second-order valence-corrected chi connectivity index (χ2v) is 1.94. The molecule has 1 aromatic rings. The van der Waals surface area contributed by atoms with Gasteiger partial charge in [-0.05, 0) is 12.5 Å². The number of nitrogens with one attached hydrogen (secondary N) is 1. The first kappa shape index (κ1) is 6.67. The van der Waals surface area contributed by atoms with Gasteiger partial charge in [0, 0.05) is 0 Å². The lowest BCUT2D eigenvalue weighted by Gasteiger charge is -1.89. The number of carbonyl (C=O) groups is 1. The van der Waals surface area contributed by atoms with Crippen molar-refractivity contribution >= 4 is 5.78 Å². The number of hydrogen-bond donors (Lipinski definition) is 1. The molecule has 52 valence electrons. The van der Waals surface area contributed by atoms with Crippen LogP contribution in [0, 0.1) is 0 Å². The largest absolute Gasteiger partial charge is 0.285 e. The molecule has 0 aromatic carbocycles. The molecule has 0 radical (unpaired) electrons. The Morgan fingerprint density at radius 1 is 1.80 bits per heavy atom. The molecule has 0 saturated carbocycles. The van der Waals surface area contributed by atoms with Crippen LogP contribution >= 0.6 is 0 Å². The standard InChI is InChI=1S/C6H7N3O/c1-4(2)5(10)6-7-3-8-9-6/h3H,1H2,2H3,(H,7,8,9). The molecule has 0 aliphatic carbocycles. The molecule has 1 N–H and O–H groups in total. The maximum atomic E-state index is 11.0. The lowest BCUT2D eigenvalue weighted by molar-refractivity contribution is 0.102. The van der Waals surface area contributed by atoms with E-state index in [1.807, 2.05) is 0 Å². The van der Waals surface area contributed by atoms with Crippen molar-refractivity contribution in [1.29, 1.82) is 0 Å². The number of H-pyrrole nitrogens is 1. The quantitative estimate of drug-likeness (QED) is 0.478. The van der Waals surface area contributed by atoms with Gasteiger partial charge in [0.15, 0.2) is 5.82 Å². The molecule has 0 unspecified atom stereocenters. The maximum absolute atomic E-state index is 11.0. The predicted octanol–water partition coefficient (Wildman–Crippen LogP) is 0.563. The number of ketones is 1. The van der Waals surface area contributed by atoms with Gasteiger partial charge in [0.05, 0.1) is 0 Å². The van der Waals surface area contributed by atoms with Crippen LogP contribution in [-0.4, -0.2) is 21.0 Å². The Labute approximate surface area is 58.0 Å². The minimum absolute atomic E-state index is 0.197. The van der Waals surface area contributed by atoms with Crippen molar-refractivity contribution in [2.45, 2.75) is 6.92 Å². The highest BCUT2D eigenvalue weighted by molar-refractivity contribution is 6.05. The Balaban J connectivity index is 2.88. The summed E-state index contributed by atoms with van der Waals surface area (Å²) < 4.78 is 0. The zero-order valence-electron chi connectivity index (χ0n) is 5.59. The van der Waals surface area contributed by atoms with Crippen molar-refractivity contribution in [3.05, 3.63) is 24.3 Å². The second-order valence-electron chi connectivity index (χ2n) is 1.94. The van der Waals surface area contributed by atoms with Gasteiger partial charge in [-0.3, -0.25) is 9.89 Å². The van der Waals surface area contributed by atoms with E-state index in [0.29, 0.717) is 5.57 Å². The zero-order valence-corrected chi connectivity index (χ0v) is 5.59. The van der Waals surface area contributed by atoms with Crippen molar-refractivity contribution in [2.24, 2.45) is 0 Å². The smallest absolute Gasteiger partial charge is 0.224 e. The summed E-state index contributed by atoms with van der Waals surface area (Å²) in [4.78, 5) is 14.6. The van der Waals surface area contributed by atoms with Gasteiger partial charge in [0.1, 0.15) is 6.33 Å². The van der Waals surface area contributed by atoms with Crippen LogP contribution in [0.15, 0.2) is 18.5 Å². The number of allylic oxidation sites excluding steroid dienone is 1. The summed E-state index contributed by atoms with van der Waals surface area (Å²) >= 11 is 0. The first-order valence-electron chi connectivity index (χ1n) is 2.77. The first-order valence-corrected chi connectivity index (χ1v) is 2.77. The molecule has 4 nitrogen and oxygen atoms in total. The van der Waals surface area contributed by atoms with E-state index in [4.69, 9.17) is 0 Å². The van der Waals surface area contributed by atoms with E-state index in [2.05, 4.69) is 21.8 Å². The van der Waals surface area contributed by atoms with E-state index in [-0.39, 0.29) is 11.6 Å². The SMILES string of the molecule is C=C(C)C(=O)c1ncn[nH]1. The number of carbonyl (C=O) groups excluding carboxylic acids is 1. The minimum Gasteiger partial charge on any atom is -0.285 e. The second kappa shape index (κ2) is 2.43. The molecule has 0 atom stereocenters. The number of Topliss-reactive ketones (excluding diaryl/α,β-unsaturated/α-hetero) is 1. The molecule has 10 heavy (non-hydrogen) atoms. The molecule has 0 aliphatic rings. The molecule has 1 heterocycles. The van der Waals surface area contributed by atoms with Crippen molar-refractivity contribution in [3.8, 4) is 0 Å². The van der Waals surface area contributed by atoms with Crippen LogP contribution in [0.25, 0.3) is 0 Å². The lowest BCUT2D eigenvalue weighted by atomic mass is 10.2. The van der Waals surface area contributed by atoms with E-state index in [0.717, 1.165) is 0 Å². The average molecular weight is 137 g/mol. The lowest BCUT2D eigenvalue weighted by Crippen LogP contribution is -2.01. The zero-order chi connectivity index (χ0) is 7.56. The predicted molar refractivity (Wildman–Crippen MR) is 35.5 cm³/mol. The summed E-state index contributed by atoms with van der Waals surface area (Å²) in [6.45, 7) is 5.10.